The topological polar surface area (TPSA) is 63.6 Å². The van der Waals surface area contributed by atoms with Crippen molar-refractivity contribution >= 4 is 11.8 Å². The first-order valence-corrected chi connectivity index (χ1v) is 8.35. The summed E-state index contributed by atoms with van der Waals surface area (Å²) in [7, 11) is 0. The average Bonchev–Trinajstić information content (AvgIpc) is 2.55. The van der Waals surface area contributed by atoms with E-state index < -0.39 is 17.5 Å². The van der Waals surface area contributed by atoms with E-state index in [2.05, 4.69) is 0 Å². The smallest absolute Gasteiger partial charge is 0.321 e. The van der Waals surface area contributed by atoms with Gasteiger partial charge < -0.3 is 9.84 Å². The van der Waals surface area contributed by atoms with Crippen LogP contribution in [0.4, 0.5) is 0 Å². The molecule has 0 aliphatic rings. The monoisotopic (exact) mass is 340 g/mol. The number of hydrogen-bond donors (Lipinski definition) is 1. The first kappa shape index (κ1) is 18.9. The molecule has 0 heterocycles. The normalized spacial score (nSPS) is 12.5. The number of esters is 1. The number of Topliss-reactive ketones (excluding diaryl/α,β-unsaturated/α-hetero) is 1. The molecule has 1 unspecified atom stereocenters. The summed E-state index contributed by atoms with van der Waals surface area (Å²) in [5.74, 6) is -2.04. The fourth-order valence-electron chi connectivity index (χ4n) is 2.91. The molecule has 2 rings (SSSR count). The summed E-state index contributed by atoms with van der Waals surface area (Å²) in [6, 6.07) is 14.1. The number of aliphatic hydroxyl groups is 1. The lowest BCUT2D eigenvalue weighted by molar-refractivity contribution is -0.143. The van der Waals surface area contributed by atoms with E-state index in [1.54, 1.807) is 57.2 Å². The van der Waals surface area contributed by atoms with E-state index in [9.17, 15) is 14.7 Å². The van der Waals surface area contributed by atoms with Crippen molar-refractivity contribution < 1.29 is 19.4 Å². The zero-order valence-corrected chi connectivity index (χ0v) is 15.1. The van der Waals surface area contributed by atoms with Gasteiger partial charge in [-0.05, 0) is 44.4 Å². The predicted octanol–water partition coefficient (Wildman–Crippen LogP) is 3.75. The minimum Gasteiger partial charge on any atom is -0.465 e. The number of carbonyl (C=O) groups is 2. The molecule has 0 saturated heterocycles. The lowest BCUT2D eigenvalue weighted by Gasteiger charge is -2.25. The van der Waals surface area contributed by atoms with Gasteiger partial charge in [-0.3, -0.25) is 9.59 Å². The predicted molar refractivity (Wildman–Crippen MR) is 96.6 cm³/mol. The summed E-state index contributed by atoms with van der Waals surface area (Å²) < 4.78 is 5.17. The zero-order valence-electron chi connectivity index (χ0n) is 15.1. The van der Waals surface area contributed by atoms with E-state index in [4.69, 9.17) is 4.74 Å². The van der Waals surface area contributed by atoms with Crippen molar-refractivity contribution in [2.75, 3.05) is 6.61 Å². The molecule has 0 aliphatic carbocycles. The molecule has 0 aliphatic heterocycles. The third kappa shape index (κ3) is 4.15. The van der Waals surface area contributed by atoms with E-state index >= 15 is 0 Å². The molecule has 0 fully saturated rings. The van der Waals surface area contributed by atoms with Crippen LogP contribution in [0, 0.1) is 6.92 Å². The van der Waals surface area contributed by atoms with Gasteiger partial charge in [0.1, 0.15) is 5.92 Å². The standard InChI is InChI=1S/C21H24O4/c1-5-25-20(23)18(19(22)15-11-7-6-10-14(15)2)16-12-8-9-13-17(16)21(3,4)24/h6-13,18,24H,5H2,1-4H3. The molecule has 2 aromatic rings. The lowest BCUT2D eigenvalue weighted by atomic mass is 9.82. The minimum atomic E-state index is -1.19. The summed E-state index contributed by atoms with van der Waals surface area (Å²) in [5, 5.41) is 10.5. The van der Waals surface area contributed by atoms with Crippen molar-refractivity contribution in [2.24, 2.45) is 0 Å². The van der Waals surface area contributed by atoms with Gasteiger partial charge in [-0.2, -0.15) is 0 Å². The van der Waals surface area contributed by atoms with E-state index in [-0.39, 0.29) is 12.4 Å². The highest BCUT2D eigenvalue weighted by Gasteiger charge is 2.35. The van der Waals surface area contributed by atoms with Crippen molar-refractivity contribution in [1.82, 2.24) is 0 Å². The van der Waals surface area contributed by atoms with Crippen molar-refractivity contribution in [3.8, 4) is 0 Å². The number of hydrogen-bond acceptors (Lipinski definition) is 4. The van der Waals surface area contributed by atoms with Crippen LogP contribution >= 0.6 is 0 Å². The number of aryl methyl sites for hydroxylation is 1. The minimum absolute atomic E-state index is 0.182. The van der Waals surface area contributed by atoms with Gasteiger partial charge in [-0.25, -0.2) is 0 Å². The van der Waals surface area contributed by atoms with E-state index in [1.807, 2.05) is 19.1 Å². The van der Waals surface area contributed by atoms with Crippen LogP contribution in [0.5, 0.6) is 0 Å². The van der Waals surface area contributed by atoms with Gasteiger partial charge in [-0.15, -0.1) is 0 Å². The molecule has 132 valence electrons. The van der Waals surface area contributed by atoms with Gasteiger partial charge in [-0.1, -0.05) is 48.5 Å². The second kappa shape index (κ2) is 7.62. The molecule has 1 atom stereocenters. The second-order valence-electron chi connectivity index (χ2n) is 6.51. The maximum absolute atomic E-state index is 13.2. The molecule has 25 heavy (non-hydrogen) atoms. The second-order valence-corrected chi connectivity index (χ2v) is 6.51. The molecule has 0 radical (unpaired) electrons. The average molecular weight is 340 g/mol. The first-order valence-electron chi connectivity index (χ1n) is 8.35. The van der Waals surface area contributed by atoms with Crippen molar-refractivity contribution in [3.05, 3.63) is 70.8 Å². The molecular formula is C21H24O4. The van der Waals surface area contributed by atoms with E-state index in [0.29, 0.717) is 16.7 Å². The molecule has 0 spiro atoms. The Balaban J connectivity index is 2.62. The van der Waals surface area contributed by atoms with Gasteiger partial charge in [0.25, 0.3) is 0 Å². The zero-order chi connectivity index (χ0) is 18.6. The number of ether oxygens (including phenoxy) is 1. The Hall–Kier alpha value is -2.46. The molecule has 4 heteroatoms. The molecule has 1 N–H and O–H groups in total. The Bertz CT molecular complexity index is 771. The van der Waals surface area contributed by atoms with Crippen molar-refractivity contribution in [2.45, 2.75) is 39.2 Å². The molecular weight excluding hydrogens is 316 g/mol. The van der Waals surface area contributed by atoms with Crippen LogP contribution in [0.15, 0.2) is 48.5 Å². The lowest BCUT2D eigenvalue weighted by Crippen LogP contribution is -2.29. The Labute approximate surface area is 148 Å². The number of carbonyl (C=O) groups excluding carboxylic acids is 2. The van der Waals surface area contributed by atoms with Crippen LogP contribution in [0.3, 0.4) is 0 Å². The largest absolute Gasteiger partial charge is 0.465 e. The summed E-state index contributed by atoms with van der Waals surface area (Å²) in [5.41, 5.74) is 1.10. The fraction of sp³-hybridized carbons (Fsp3) is 0.333. The van der Waals surface area contributed by atoms with Crippen LogP contribution in [0.25, 0.3) is 0 Å². The van der Waals surface area contributed by atoms with Crippen LogP contribution in [0.1, 0.15) is 53.7 Å². The van der Waals surface area contributed by atoms with Crippen LogP contribution < -0.4 is 0 Å². The van der Waals surface area contributed by atoms with E-state index in [1.165, 1.54) is 0 Å². The third-order valence-corrected chi connectivity index (χ3v) is 4.13. The number of rotatable bonds is 6. The van der Waals surface area contributed by atoms with Gasteiger partial charge in [0.2, 0.25) is 0 Å². The summed E-state index contributed by atoms with van der Waals surface area (Å²) in [4.78, 5) is 25.8. The van der Waals surface area contributed by atoms with Crippen LogP contribution in [0.2, 0.25) is 0 Å². The summed E-state index contributed by atoms with van der Waals surface area (Å²) >= 11 is 0. The fourth-order valence-corrected chi connectivity index (χ4v) is 2.91. The Morgan fingerprint density at radius 3 is 2.28 bits per heavy atom. The Kier molecular flexibility index (Phi) is 5.75. The first-order chi connectivity index (χ1) is 11.8. The molecule has 2 aromatic carbocycles. The van der Waals surface area contributed by atoms with E-state index in [0.717, 1.165) is 5.56 Å². The quantitative estimate of drug-likeness (QED) is 0.494. The summed E-state index contributed by atoms with van der Waals surface area (Å²) in [6.45, 7) is 6.98. The summed E-state index contributed by atoms with van der Waals surface area (Å²) in [6.07, 6.45) is 0. The number of ketones is 1. The van der Waals surface area contributed by atoms with Gasteiger partial charge in [0.15, 0.2) is 5.78 Å². The van der Waals surface area contributed by atoms with Gasteiger partial charge in [0.05, 0.1) is 12.2 Å². The van der Waals surface area contributed by atoms with Crippen molar-refractivity contribution in [1.29, 1.82) is 0 Å². The third-order valence-electron chi connectivity index (χ3n) is 4.13. The van der Waals surface area contributed by atoms with Gasteiger partial charge >= 0.3 is 5.97 Å². The Morgan fingerprint density at radius 1 is 1.08 bits per heavy atom. The van der Waals surface area contributed by atoms with Gasteiger partial charge in [0, 0.05) is 5.56 Å². The molecule has 4 nitrogen and oxygen atoms in total. The number of benzene rings is 2. The maximum atomic E-state index is 13.2. The van der Waals surface area contributed by atoms with Crippen LogP contribution in [-0.2, 0) is 15.1 Å². The Morgan fingerprint density at radius 2 is 1.68 bits per heavy atom. The highest BCUT2D eigenvalue weighted by atomic mass is 16.5. The maximum Gasteiger partial charge on any atom is 0.321 e. The highest BCUT2D eigenvalue weighted by molar-refractivity contribution is 6.13. The highest BCUT2D eigenvalue weighted by Crippen LogP contribution is 2.32. The molecule has 0 bridgehead atoms. The molecule has 0 saturated carbocycles. The molecule has 0 aromatic heterocycles. The molecule has 0 amide bonds. The van der Waals surface area contributed by atoms with Crippen molar-refractivity contribution in [3.63, 3.8) is 0 Å². The van der Waals surface area contributed by atoms with Crippen LogP contribution in [-0.4, -0.2) is 23.5 Å². The SMILES string of the molecule is CCOC(=O)C(C(=O)c1ccccc1C)c1ccccc1C(C)(C)O.